The Morgan fingerprint density at radius 2 is 2.20 bits per heavy atom. The molecule has 2 rings (SSSR count). The molecule has 0 saturated carbocycles. The van der Waals surface area contributed by atoms with Gasteiger partial charge < -0.3 is 10.3 Å². The van der Waals surface area contributed by atoms with Crippen molar-refractivity contribution in [3.05, 3.63) is 58.4 Å². The molecule has 3 nitrogen and oxygen atoms in total. The maximum atomic E-state index is 8.85. The summed E-state index contributed by atoms with van der Waals surface area (Å²) in [7, 11) is 0. The molecule has 0 spiro atoms. The summed E-state index contributed by atoms with van der Waals surface area (Å²) in [5.74, 6) is 0. The molecule has 1 aromatic heterocycles. The Hall–Kier alpha value is -1.76. The molecular formula is C16H18ClN3. The summed E-state index contributed by atoms with van der Waals surface area (Å²) >= 11 is 6.22. The van der Waals surface area contributed by atoms with Crippen molar-refractivity contribution in [2.24, 2.45) is 5.73 Å². The van der Waals surface area contributed by atoms with Gasteiger partial charge in [-0.3, -0.25) is 0 Å². The van der Waals surface area contributed by atoms with Crippen molar-refractivity contribution >= 4 is 11.6 Å². The zero-order valence-electron chi connectivity index (χ0n) is 11.5. The molecule has 0 radical (unpaired) electrons. The van der Waals surface area contributed by atoms with Crippen LogP contribution < -0.4 is 5.73 Å². The fraction of sp³-hybridized carbons (Fsp3) is 0.312. The quantitative estimate of drug-likeness (QED) is 0.917. The minimum Gasteiger partial charge on any atom is -0.347 e. The monoisotopic (exact) mass is 287 g/mol. The first-order valence-electron chi connectivity index (χ1n) is 6.72. The van der Waals surface area contributed by atoms with Crippen LogP contribution >= 0.6 is 11.6 Å². The van der Waals surface area contributed by atoms with E-state index in [0.29, 0.717) is 17.1 Å². The summed E-state index contributed by atoms with van der Waals surface area (Å²) in [6.07, 6.45) is 3.85. The van der Waals surface area contributed by atoms with Gasteiger partial charge in [0.05, 0.1) is 11.6 Å². The van der Waals surface area contributed by atoms with Gasteiger partial charge in [-0.25, -0.2) is 0 Å². The second-order valence-corrected chi connectivity index (χ2v) is 5.33. The van der Waals surface area contributed by atoms with Crippen molar-refractivity contribution in [3.63, 3.8) is 0 Å². The molecule has 0 aliphatic rings. The van der Waals surface area contributed by atoms with Crippen LogP contribution in [0.3, 0.4) is 0 Å². The van der Waals surface area contributed by atoms with Crippen LogP contribution in [0.2, 0.25) is 5.02 Å². The normalized spacial score (nSPS) is 12.1. The fourth-order valence-electron chi connectivity index (χ4n) is 2.13. The molecular weight excluding hydrogens is 270 g/mol. The minimum absolute atomic E-state index is 0.181. The van der Waals surface area contributed by atoms with Gasteiger partial charge in [-0.15, -0.1) is 0 Å². The molecule has 1 unspecified atom stereocenters. The van der Waals surface area contributed by atoms with Crippen LogP contribution in [0.25, 0.3) is 0 Å². The van der Waals surface area contributed by atoms with Crippen LogP contribution in [0.15, 0.2) is 36.5 Å². The highest BCUT2D eigenvalue weighted by Gasteiger charge is 2.08. The predicted octanol–water partition coefficient (Wildman–Crippen LogP) is 3.34. The van der Waals surface area contributed by atoms with Crippen LogP contribution in [0.4, 0.5) is 0 Å². The molecule has 0 amide bonds. The summed E-state index contributed by atoms with van der Waals surface area (Å²) in [6, 6.07) is 11.8. The van der Waals surface area contributed by atoms with E-state index in [0.717, 1.165) is 18.4 Å². The van der Waals surface area contributed by atoms with Gasteiger partial charge in [-0.1, -0.05) is 24.6 Å². The largest absolute Gasteiger partial charge is 0.347 e. The molecule has 2 N–H and O–H groups in total. The first kappa shape index (κ1) is 14.6. The topological polar surface area (TPSA) is 54.7 Å². The summed E-state index contributed by atoms with van der Waals surface area (Å²) in [6.45, 7) is 2.79. The Morgan fingerprint density at radius 1 is 1.40 bits per heavy atom. The van der Waals surface area contributed by atoms with Crippen molar-refractivity contribution in [2.75, 3.05) is 0 Å². The van der Waals surface area contributed by atoms with E-state index in [1.807, 2.05) is 18.3 Å². The molecule has 0 saturated heterocycles. The Morgan fingerprint density at radius 3 is 2.85 bits per heavy atom. The van der Waals surface area contributed by atoms with Crippen LogP contribution in [0.1, 0.15) is 30.2 Å². The average molecular weight is 288 g/mol. The molecule has 0 bridgehead atoms. The molecule has 0 fully saturated rings. The van der Waals surface area contributed by atoms with Crippen LogP contribution in [0.5, 0.6) is 0 Å². The lowest BCUT2D eigenvalue weighted by atomic mass is 10.1. The fourth-order valence-corrected chi connectivity index (χ4v) is 2.37. The molecule has 0 aliphatic heterocycles. The Balaban J connectivity index is 2.19. The average Bonchev–Trinajstić information content (AvgIpc) is 2.88. The van der Waals surface area contributed by atoms with E-state index in [4.69, 9.17) is 22.6 Å². The minimum atomic E-state index is 0.181. The third-order valence-electron chi connectivity index (χ3n) is 3.44. The van der Waals surface area contributed by atoms with E-state index in [-0.39, 0.29) is 6.04 Å². The lowest BCUT2D eigenvalue weighted by molar-refractivity contribution is 0.610. The van der Waals surface area contributed by atoms with Gasteiger partial charge in [-0.05, 0) is 36.2 Å². The first-order valence-corrected chi connectivity index (χ1v) is 7.10. The second kappa shape index (κ2) is 6.60. The van der Waals surface area contributed by atoms with Crippen molar-refractivity contribution in [1.82, 2.24) is 4.57 Å². The van der Waals surface area contributed by atoms with Gasteiger partial charge in [0.25, 0.3) is 0 Å². The van der Waals surface area contributed by atoms with Gasteiger partial charge >= 0.3 is 0 Å². The van der Waals surface area contributed by atoms with E-state index >= 15 is 0 Å². The maximum absolute atomic E-state index is 8.85. The lowest BCUT2D eigenvalue weighted by Gasteiger charge is -2.13. The van der Waals surface area contributed by atoms with Gasteiger partial charge in [0, 0.05) is 35.9 Å². The highest BCUT2D eigenvalue weighted by molar-refractivity contribution is 6.31. The third-order valence-corrected chi connectivity index (χ3v) is 3.79. The number of aromatic nitrogens is 1. The highest BCUT2D eigenvalue weighted by Crippen LogP contribution is 2.20. The van der Waals surface area contributed by atoms with Crippen molar-refractivity contribution in [1.29, 1.82) is 5.26 Å². The van der Waals surface area contributed by atoms with Gasteiger partial charge in [0.15, 0.2) is 0 Å². The Labute approximate surface area is 124 Å². The van der Waals surface area contributed by atoms with Crippen LogP contribution in [-0.4, -0.2) is 10.6 Å². The van der Waals surface area contributed by atoms with Crippen molar-refractivity contribution in [2.45, 2.75) is 32.4 Å². The molecule has 1 atom stereocenters. The lowest BCUT2D eigenvalue weighted by Crippen LogP contribution is -2.23. The molecule has 1 heterocycles. The zero-order valence-corrected chi connectivity index (χ0v) is 12.3. The molecule has 4 heteroatoms. The summed E-state index contributed by atoms with van der Waals surface area (Å²) in [4.78, 5) is 0. The summed E-state index contributed by atoms with van der Waals surface area (Å²) in [5, 5.41) is 9.48. The standard InChI is InChI=1S/C16H18ClN3/c1-2-14(19)9-15-4-3-7-20(15)11-13-6-5-12(10-18)8-16(13)17/h3-8,14H,2,9,11,19H2,1H3. The predicted molar refractivity (Wildman–Crippen MR) is 81.7 cm³/mol. The number of rotatable bonds is 5. The van der Waals surface area contributed by atoms with E-state index in [2.05, 4.69) is 23.6 Å². The molecule has 2 aromatic rings. The van der Waals surface area contributed by atoms with Crippen molar-refractivity contribution < 1.29 is 0 Å². The number of nitriles is 1. The summed E-state index contributed by atoms with van der Waals surface area (Å²) < 4.78 is 2.16. The number of nitrogens with zero attached hydrogens (tertiary/aromatic N) is 2. The number of nitrogens with two attached hydrogens (primary N) is 1. The molecule has 20 heavy (non-hydrogen) atoms. The van der Waals surface area contributed by atoms with Crippen molar-refractivity contribution in [3.8, 4) is 6.07 Å². The van der Waals surface area contributed by atoms with Crippen LogP contribution in [-0.2, 0) is 13.0 Å². The smallest absolute Gasteiger partial charge is 0.0992 e. The number of halogens is 1. The second-order valence-electron chi connectivity index (χ2n) is 4.92. The summed E-state index contributed by atoms with van der Waals surface area (Å²) in [5.41, 5.74) is 8.82. The Bertz CT molecular complexity index is 625. The molecule has 1 aromatic carbocycles. The van der Waals surface area contributed by atoms with E-state index in [1.165, 1.54) is 5.69 Å². The van der Waals surface area contributed by atoms with Gasteiger partial charge in [0.2, 0.25) is 0 Å². The Kier molecular flexibility index (Phi) is 4.84. The third kappa shape index (κ3) is 3.41. The van der Waals surface area contributed by atoms with Gasteiger partial charge in [0.1, 0.15) is 0 Å². The van der Waals surface area contributed by atoms with E-state index in [1.54, 1.807) is 12.1 Å². The SMILES string of the molecule is CCC(N)Cc1cccn1Cc1ccc(C#N)cc1Cl. The number of benzene rings is 1. The van der Waals surface area contributed by atoms with E-state index < -0.39 is 0 Å². The van der Waals surface area contributed by atoms with Crippen LogP contribution in [0, 0.1) is 11.3 Å². The van der Waals surface area contributed by atoms with Gasteiger partial charge in [-0.2, -0.15) is 5.26 Å². The number of hydrogen-bond acceptors (Lipinski definition) is 2. The molecule has 0 aliphatic carbocycles. The first-order chi connectivity index (χ1) is 9.63. The number of hydrogen-bond donors (Lipinski definition) is 1. The maximum Gasteiger partial charge on any atom is 0.0992 e. The molecule has 104 valence electrons. The highest BCUT2D eigenvalue weighted by atomic mass is 35.5. The van der Waals surface area contributed by atoms with E-state index in [9.17, 15) is 0 Å². The zero-order chi connectivity index (χ0) is 14.5.